The Hall–Kier alpha value is -3.39. The minimum atomic E-state index is -0.738. The van der Waals surface area contributed by atoms with Crippen LogP contribution < -0.4 is 15.5 Å². The van der Waals surface area contributed by atoms with Crippen LogP contribution in [0, 0.1) is 0 Å². The molecule has 4 rings (SSSR count). The van der Waals surface area contributed by atoms with Gasteiger partial charge in [0, 0.05) is 19.6 Å². The highest BCUT2D eigenvalue weighted by Crippen LogP contribution is 2.38. The van der Waals surface area contributed by atoms with Gasteiger partial charge in [-0.3, -0.25) is 9.69 Å². The van der Waals surface area contributed by atoms with E-state index < -0.39 is 12.0 Å². The third-order valence-electron chi connectivity index (χ3n) is 4.94. The summed E-state index contributed by atoms with van der Waals surface area (Å²) in [4.78, 5) is 41.5. The Balaban J connectivity index is 1.84. The van der Waals surface area contributed by atoms with Gasteiger partial charge in [-0.1, -0.05) is 24.3 Å². The van der Waals surface area contributed by atoms with Crippen LogP contribution in [-0.4, -0.2) is 55.6 Å². The molecule has 2 aliphatic rings. The summed E-state index contributed by atoms with van der Waals surface area (Å²) in [6, 6.07) is 12.9. The first-order valence-electron chi connectivity index (χ1n) is 9.00. The van der Waals surface area contributed by atoms with Crippen molar-refractivity contribution >= 4 is 35.0 Å². The zero-order chi connectivity index (χ0) is 19.7. The third kappa shape index (κ3) is 2.97. The molecular weight excluding hydrogens is 360 g/mol. The molecule has 2 aromatic rings. The van der Waals surface area contributed by atoms with E-state index in [1.165, 1.54) is 16.9 Å². The summed E-state index contributed by atoms with van der Waals surface area (Å²) < 4.78 is 4.88. The molecule has 0 unspecified atom stereocenters. The number of carbonyl (C=O) groups is 3. The van der Waals surface area contributed by atoms with E-state index in [0.29, 0.717) is 42.3 Å². The van der Waals surface area contributed by atoms with E-state index in [-0.39, 0.29) is 11.9 Å². The van der Waals surface area contributed by atoms with Gasteiger partial charge in [0.05, 0.1) is 29.7 Å². The van der Waals surface area contributed by atoms with Crippen LogP contribution in [0.2, 0.25) is 0 Å². The van der Waals surface area contributed by atoms with Crippen molar-refractivity contribution in [2.24, 2.45) is 0 Å². The largest absolute Gasteiger partial charge is 0.467 e. The molecule has 0 bridgehead atoms. The van der Waals surface area contributed by atoms with E-state index in [1.807, 2.05) is 0 Å². The number of esters is 1. The van der Waals surface area contributed by atoms with Crippen LogP contribution in [0.15, 0.2) is 48.5 Å². The molecule has 2 aromatic carbocycles. The predicted molar refractivity (Wildman–Crippen MR) is 104 cm³/mol. The Morgan fingerprint density at radius 3 is 2.57 bits per heavy atom. The molecule has 1 saturated heterocycles. The molecule has 2 aliphatic heterocycles. The molecule has 2 N–H and O–H groups in total. The summed E-state index contributed by atoms with van der Waals surface area (Å²) in [6.07, 6.45) is 0. The van der Waals surface area contributed by atoms with Crippen LogP contribution in [0.5, 0.6) is 0 Å². The number of fused-ring (bicyclic) bond motifs is 2. The molecule has 8 heteroatoms. The molecule has 0 saturated carbocycles. The number of para-hydroxylation sites is 3. The minimum Gasteiger partial charge on any atom is -0.467 e. The van der Waals surface area contributed by atoms with Crippen molar-refractivity contribution in [3.63, 3.8) is 0 Å². The lowest BCUT2D eigenvalue weighted by molar-refractivity contribution is -0.146. The Labute approximate surface area is 162 Å². The number of amides is 3. The fourth-order valence-corrected chi connectivity index (χ4v) is 3.57. The number of hydrogen-bond donors (Lipinski definition) is 2. The number of benzene rings is 2. The number of ether oxygens (including phenoxy) is 1. The summed E-state index contributed by atoms with van der Waals surface area (Å²) in [5.74, 6) is -0.769. The maximum absolute atomic E-state index is 13.6. The van der Waals surface area contributed by atoms with Gasteiger partial charge >= 0.3 is 12.0 Å². The summed E-state index contributed by atoms with van der Waals surface area (Å²) >= 11 is 0. The molecule has 1 atom stereocenters. The fraction of sp³-hybridized carbons (Fsp3) is 0.250. The van der Waals surface area contributed by atoms with Crippen LogP contribution in [0.4, 0.5) is 21.9 Å². The first-order chi connectivity index (χ1) is 13.6. The van der Waals surface area contributed by atoms with Crippen LogP contribution in [-0.2, 0) is 9.53 Å². The second-order valence-corrected chi connectivity index (χ2v) is 6.54. The SMILES string of the molecule is COC(=O)[C@@H]1CNCCN1C(=O)N1c2ccccc2NC(=O)c2ccccc21. The number of urea groups is 1. The van der Waals surface area contributed by atoms with Gasteiger partial charge < -0.3 is 20.3 Å². The van der Waals surface area contributed by atoms with Gasteiger partial charge in [-0.15, -0.1) is 0 Å². The van der Waals surface area contributed by atoms with Crippen LogP contribution in [0.3, 0.4) is 0 Å². The van der Waals surface area contributed by atoms with Gasteiger partial charge in [0.15, 0.2) is 0 Å². The highest BCUT2D eigenvalue weighted by molar-refractivity contribution is 6.17. The molecular formula is C20H20N4O4. The number of rotatable bonds is 1. The van der Waals surface area contributed by atoms with Gasteiger partial charge in [0.1, 0.15) is 6.04 Å². The molecule has 8 nitrogen and oxygen atoms in total. The van der Waals surface area contributed by atoms with Crippen molar-refractivity contribution < 1.29 is 19.1 Å². The van der Waals surface area contributed by atoms with E-state index in [1.54, 1.807) is 48.5 Å². The van der Waals surface area contributed by atoms with Crippen molar-refractivity contribution in [3.8, 4) is 0 Å². The number of carbonyl (C=O) groups excluding carboxylic acids is 3. The second kappa shape index (κ2) is 7.32. The highest BCUT2D eigenvalue weighted by atomic mass is 16.5. The number of piperazine rings is 1. The Morgan fingerprint density at radius 1 is 1.07 bits per heavy atom. The van der Waals surface area contributed by atoms with Gasteiger partial charge in [-0.2, -0.15) is 0 Å². The molecule has 0 spiro atoms. The number of nitrogens with zero attached hydrogens (tertiary/aromatic N) is 2. The number of hydrogen-bond acceptors (Lipinski definition) is 5. The zero-order valence-corrected chi connectivity index (χ0v) is 15.3. The molecule has 2 heterocycles. The number of nitrogens with one attached hydrogen (secondary N) is 2. The van der Waals surface area contributed by atoms with E-state index in [0.717, 1.165) is 0 Å². The first kappa shape index (κ1) is 18.0. The quantitative estimate of drug-likeness (QED) is 0.738. The normalized spacial score (nSPS) is 18.5. The van der Waals surface area contributed by atoms with E-state index in [2.05, 4.69) is 10.6 Å². The van der Waals surface area contributed by atoms with E-state index in [4.69, 9.17) is 4.74 Å². The summed E-state index contributed by atoms with van der Waals surface area (Å²) in [7, 11) is 1.30. The van der Waals surface area contributed by atoms with Gasteiger partial charge in [-0.05, 0) is 24.3 Å². The lowest BCUT2D eigenvalue weighted by Gasteiger charge is -2.38. The number of anilines is 3. The Morgan fingerprint density at radius 2 is 1.79 bits per heavy atom. The van der Waals surface area contributed by atoms with Crippen molar-refractivity contribution in [2.45, 2.75) is 6.04 Å². The maximum atomic E-state index is 13.6. The fourth-order valence-electron chi connectivity index (χ4n) is 3.57. The molecule has 0 aromatic heterocycles. The van der Waals surface area contributed by atoms with Crippen molar-refractivity contribution in [2.75, 3.05) is 37.0 Å². The Bertz CT molecular complexity index is 945. The van der Waals surface area contributed by atoms with Crippen molar-refractivity contribution in [1.29, 1.82) is 0 Å². The topological polar surface area (TPSA) is 91.0 Å². The summed E-state index contributed by atoms with van der Waals surface area (Å²) in [6.45, 7) is 1.22. The zero-order valence-electron chi connectivity index (χ0n) is 15.3. The van der Waals surface area contributed by atoms with Crippen LogP contribution in [0.1, 0.15) is 10.4 Å². The molecule has 1 fully saturated rings. The van der Waals surface area contributed by atoms with Crippen LogP contribution in [0.25, 0.3) is 0 Å². The predicted octanol–water partition coefficient (Wildman–Crippen LogP) is 1.96. The first-order valence-corrected chi connectivity index (χ1v) is 9.00. The maximum Gasteiger partial charge on any atom is 0.330 e. The third-order valence-corrected chi connectivity index (χ3v) is 4.94. The number of methoxy groups -OCH3 is 1. The molecule has 0 aliphatic carbocycles. The molecule has 144 valence electrons. The van der Waals surface area contributed by atoms with Crippen molar-refractivity contribution in [3.05, 3.63) is 54.1 Å². The van der Waals surface area contributed by atoms with Crippen LogP contribution >= 0.6 is 0 Å². The standard InChI is InChI=1S/C20H20N4O4/c1-28-19(26)17-12-21-10-11-23(17)20(27)24-15-8-4-2-6-13(15)18(25)22-14-7-3-5-9-16(14)24/h2-9,17,21H,10-12H2,1H3,(H,22,25)/t17-/m0/s1. The summed E-state index contributed by atoms with van der Waals surface area (Å²) in [5, 5.41) is 5.97. The minimum absolute atomic E-state index is 0.289. The van der Waals surface area contributed by atoms with Gasteiger partial charge in [0.2, 0.25) is 0 Å². The molecule has 0 radical (unpaired) electrons. The Kier molecular flexibility index (Phi) is 4.70. The lowest BCUT2D eigenvalue weighted by Crippen LogP contribution is -2.59. The summed E-state index contributed by atoms with van der Waals surface area (Å²) in [5.41, 5.74) is 1.93. The molecule has 3 amide bonds. The lowest BCUT2D eigenvalue weighted by atomic mass is 10.1. The van der Waals surface area contributed by atoms with Gasteiger partial charge in [0.25, 0.3) is 5.91 Å². The second-order valence-electron chi connectivity index (χ2n) is 6.54. The monoisotopic (exact) mass is 380 g/mol. The van der Waals surface area contributed by atoms with Crippen molar-refractivity contribution in [1.82, 2.24) is 10.2 Å². The van der Waals surface area contributed by atoms with E-state index >= 15 is 0 Å². The average molecular weight is 380 g/mol. The highest BCUT2D eigenvalue weighted by Gasteiger charge is 2.38. The van der Waals surface area contributed by atoms with Gasteiger partial charge in [-0.25, -0.2) is 9.59 Å². The smallest absolute Gasteiger partial charge is 0.330 e. The molecule has 28 heavy (non-hydrogen) atoms. The average Bonchev–Trinajstić information content (AvgIpc) is 2.86. The van der Waals surface area contributed by atoms with E-state index in [9.17, 15) is 14.4 Å².